The summed E-state index contributed by atoms with van der Waals surface area (Å²) in [7, 11) is 1.78. The normalized spacial score (nSPS) is 10.1. The van der Waals surface area contributed by atoms with Crippen molar-refractivity contribution < 1.29 is 4.79 Å². The standard InChI is InChI=1S/C7H8N6O/c1-13-3-2-8-7(13)10-6(14)5-4-9-12-11-5/h2-4H,1H3,(H,8,10,14)(H,9,11,12). The Kier molecular flexibility index (Phi) is 1.98. The molecule has 0 atom stereocenters. The van der Waals surface area contributed by atoms with Crippen molar-refractivity contribution in [3.63, 3.8) is 0 Å². The minimum atomic E-state index is -0.340. The molecule has 0 unspecified atom stereocenters. The number of nitrogens with zero attached hydrogens (tertiary/aromatic N) is 4. The molecule has 1 amide bonds. The second-order valence-electron chi connectivity index (χ2n) is 2.67. The molecule has 14 heavy (non-hydrogen) atoms. The highest BCUT2D eigenvalue weighted by atomic mass is 16.2. The molecule has 7 nitrogen and oxygen atoms in total. The highest BCUT2D eigenvalue weighted by molar-refractivity contribution is 6.01. The Labute approximate surface area is 79.2 Å². The zero-order valence-corrected chi connectivity index (χ0v) is 7.43. The Morgan fingerprint density at radius 2 is 2.50 bits per heavy atom. The van der Waals surface area contributed by atoms with Crippen molar-refractivity contribution in [3.05, 3.63) is 24.3 Å². The monoisotopic (exact) mass is 192 g/mol. The largest absolute Gasteiger partial charge is 0.320 e. The number of aromatic nitrogens is 5. The summed E-state index contributed by atoms with van der Waals surface area (Å²) in [5, 5.41) is 12.1. The maximum atomic E-state index is 11.4. The van der Waals surface area contributed by atoms with Crippen molar-refractivity contribution in [2.75, 3.05) is 5.32 Å². The molecule has 72 valence electrons. The van der Waals surface area contributed by atoms with Gasteiger partial charge in [-0.3, -0.25) is 10.1 Å². The first-order valence-corrected chi connectivity index (χ1v) is 3.92. The van der Waals surface area contributed by atoms with Crippen molar-refractivity contribution >= 4 is 11.9 Å². The van der Waals surface area contributed by atoms with Crippen molar-refractivity contribution in [1.82, 2.24) is 25.0 Å². The number of imidazole rings is 1. The highest BCUT2D eigenvalue weighted by Gasteiger charge is 2.10. The van der Waals surface area contributed by atoms with E-state index in [1.54, 1.807) is 24.0 Å². The number of aromatic amines is 1. The van der Waals surface area contributed by atoms with E-state index >= 15 is 0 Å². The van der Waals surface area contributed by atoms with Gasteiger partial charge in [-0.2, -0.15) is 15.4 Å². The number of carbonyl (C=O) groups excluding carboxylic acids is 1. The van der Waals surface area contributed by atoms with Crippen LogP contribution in [0, 0.1) is 0 Å². The van der Waals surface area contributed by atoms with Crippen LogP contribution in [0.3, 0.4) is 0 Å². The number of nitrogens with one attached hydrogen (secondary N) is 2. The van der Waals surface area contributed by atoms with Crippen LogP contribution in [-0.2, 0) is 7.05 Å². The quantitative estimate of drug-likeness (QED) is 0.689. The van der Waals surface area contributed by atoms with E-state index in [-0.39, 0.29) is 11.6 Å². The third-order valence-electron chi connectivity index (χ3n) is 1.69. The number of amides is 1. The van der Waals surface area contributed by atoms with Gasteiger partial charge in [0.25, 0.3) is 5.91 Å². The zero-order chi connectivity index (χ0) is 9.97. The van der Waals surface area contributed by atoms with E-state index in [0.29, 0.717) is 5.95 Å². The van der Waals surface area contributed by atoms with Crippen LogP contribution < -0.4 is 5.32 Å². The van der Waals surface area contributed by atoms with E-state index in [1.807, 2.05) is 0 Å². The van der Waals surface area contributed by atoms with Gasteiger partial charge in [0.15, 0.2) is 5.69 Å². The summed E-state index contributed by atoms with van der Waals surface area (Å²) in [5.74, 6) is 0.131. The Balaban J connectivity index is 2.13. The maximum absolute atomic E-state index is 11.4. The number of hydrogen-bond donors (Lipinski definition) is 2. The number of carbonyl (C=O) groups is 1. The number of anilines is 1. The third kappa shape index (κ3) is 1.47. The summed E-state index contributed by atoms with van der Waals surface area (Å²) in [6.45, 7) is 0. The molecule has 0 fully saturated rings. The van der Waals surface area contributed by atoms with Crippen LogP contribution in [0.2, 0.25) is 0 Å². The number of H-pyrrole nitrogens is 1. The van der Waals surface area contributed by atoms with Crippen LogP contribution >= 0.6 is 0 Å². The number of rotatable bonds is 2. The Morgan fingerprint density at radius 3 is 3.07 bits per heavy atom. The van der Waals surface area contributed by atoms with E-state index in [4.69, 9.17) is 0 Å². The van der Waals surface area contributed by atoms with Gasteiger partial charge in [0.1, 0.15) is 0 Å². The average Bonchev–Trinajstić information content (AvgIpc) is 2.77. The summed E-state index contributed by atoms with van der Waals surface area (Å²) in [5.41, 5.74) is 0.230. The minimum absolute atomic E-state index is 0.230. The number of aryl methyl sites for hydroxylation is 1. The highest BCUT2D eigenvalue weighted by Crippen LogP contribution is 2.02. The summed E-state index contributed by atoms with van der Waals surface area (Å²) < 4.78 is 1.69. The molecule has 0 spiro atoms. The predicted molar refractivity (Wildman–Crippen MR) is 47.5 cm³/mol. The fourth-order valence-corrected chi connectivity index (χ4v) is 0.963. The Hall–Kier alpha value is -2.18. The van der Waals surface area contributed by atoms with E-state index < -0.39 is 0 Å². The van der Waals surface area contributed by atoms with Crippen LogP contribution in [0.1, 0.15) is 10.5 Å². The van der Waals surface area contributed by atoms with Gasteiger partial charge in [0.2, 0.25) is 5.95 Å². The van der Waals surface area contributed by atoms with E-state index in [2.05, 4.69) is 25.7 Å². The van der Waals surface area contributed by atoms with E-state index in [0.717, 1.165) is 0 Å². The molecule has 2 rings (SSSR count). The lowest BCUT2D eigenvalue weighted by molar-refractivity contribution is 0.102. The molecular formula is C7H8N6O. The lowest BCUT2D eigenvalue weighted by atomic mass is 10.4. The molecule has 2 N–H and O–H groups in total. The Morgan fingerprint density at radius 1 is 1.64 bits per heavy atom. The maximum Gasteiger partial charge on any atom is 0.280 e. The van der Waals surface area contributed by atoms with Gasteiger partial charge in [0.05, 0.1) is 6.20 Å². The molecule has 0 saturated carbocycles. The number of hydrogen-bond acceptors (Lipinski definition) is 4. The SMILES string of the molecule is Cn1ccnc1NC(=O)c1cn[nH]n1. The minimum Gasteiger partial charge on any atom is -0.320 e. The molecule has 7 heteroatoms. The molecular weight excluding hydrogens is 184 g/mol. The summed E-state index contributed by atoms with van der Waals surface area (Å²) in [6.07, 6.45) is 4.68. The van der Waals surface area contributed by atoms with Crippen molar-refractivity contribution in [2.45, 2.75) is 0 Å². The first-order chi connectivity index (χ1) is 6.77. The fourth-order valence-electron chi connectivity index (χ4n) is 0.963. The molecule has 0 radical (unpaired) electrons. The molecule has 2 aromatic heterocycles. The van der Waals surface area contributed by atoms with Gasteiger partial charge in [-0.15, -0.1) is 0 Å². The molecule has 2 aromatic rings. The van der Waals surface area contributed by atoms with E-state index in [9.17, 15) is 4.79 Å². The summed E-state index contributed by atoms with van der Waals surface area (Å²) in [4.78, 5) is 15.4. The molecule has 0 aliphatic carbocycles. The van der Waals surface area contributed by atoms with Gasteiger partial charge in [-0.1, -0.05) is 0 Å². The lowest BCUT2D eigenvalue weighted by Crippen LogP contribution is -2.15. The molecule has 0 aromatic carbocycles. The van der Waals surface area contributed by atoms with Crippen molar-refractivity contribution in [3.8, 4) is 0 Å². The molecule has 0 aliphatic rings. The zero-order valence-electron chi connectivity index (χ0n) is 7.43. The summed E-state index contributed by atoms with van der Waals surface area (Å²) >= 11 is 0. The smallest absolute Gasteiger partial charge is 0.280 e. The first-order valence-electron chi connectivity index (χ1n) is 3.92. The lowest BCUT2D eigenvalue weighted by Gasteiger charge is -2.01. The van der Waals surface area contributed by atoms with Crippen LogP contribution in [-0.4, -0.2) is 30.9 Å². The first kappa shape index (κ1) is 8.42. The fraction of sp³-hybridized carbons (Fsp3) is 0.143. The van der Waals surface area contributed by atoms with Gasteiger partial charge >= 0.3 is 0 Å². The third-order valence-corrected chi connectivity index (χ3v) is 1.69. The van der Waals surface area contributed by atoms with Gasteiger partial charge < -0.3 is 4.57 Å². The van der Waals surface area contributed by atoms with Crippen LogP contribution in [0.15, 0.2) is 18.6 Å². The van der Waals surface area contributed by atoms with Crippen molar-refractivity contribution in [1.29, 1.82) is 0 Å². The molecule has 2 heterocycles. The predicted octanol–water partition coefficient (Wildman–Crippen LogP) is -0.210. The summed E-state index contributed by atoms with van der Waals surface area (Å²) in [6, 6.07) is 0. The molecule has 0 aliphatic heterocycles. The second-order valence-corrected chi connectivity index (χ2v) is 2.67. The Bertz CT molecular complexity index is 431. The van der Waals surface area contributed by atoms with Gasteiger partial charge in [-0.25, -0.2) is 4.98 Å². The van der Waals surface area contributed by atoms with Gasteiger partial charge in [0, 0.05) is 19.4 Å². The van der Waals surface area contributed by atoms with Gasteiger partial charge in [-0.05, 0) is 0 Å². The van der Waals surface area contributed by atoms with E-state index in [1.165, 1.54) is 6.20 Å². The average molecular weight is 192 g/mol. The van der Waals surface area contributed by atoms with Crippen molar-refractivity contribution in [2.24, 2.45) is 7.05 Å². The second kappa shape index (κ2) is 3.29. The molecule has 0 saturated heterocycles. The van der Waals surface area contributed by atoms with Crippen LogP contribution in [0.4, 0.5) is 5.95 Å². The van der Waals surface area contributed by atoms with Crippen LogP contribution in [0.5, 0.6) is 0 Å². The van der Waals surface area contributed by atoms with Crippen LogP contribution in [0.25, 0.3) is 0 Å². The topological polar surface area (TPSA) is 88.5 Å². The molecule has 0 bridgehead atoms.